The van der Waals surface area contributed by atoms with E-state index in [0.29, 0.717) is 26.1 Å². The van der Waals surface area contributed by atoms with Gasteiger partial charge in [-0.3, -0.25) is 4.79 Å². The third kappa shape index (κ3) is 5.26. The molecular formula is C22H24F2N4O. The number of halogens is 2. The van der Waals surface area contributed by atoms with E-state index in [-0.39, 0.29) is 11.6 Å². The fourth-order valence-electron chi connectivity index (χ4n) is 3.12. The van der Waals surface area contributed by atoms with Gasteiger partial charge in [0.2, 0.25) is 5.91 Å². The van der Waals surface area contributed by atoms with E-state index in [9.17, 15) is 13.6 Å². The van der Waals surface area contributed by atoms with E-state index in [4.69, 9.17) is 0 Å². The highest BCUT2D eigenvalue weighted by Gasteiger charge is 2.15. The molecule has 1 aromatic heterocycles. The number of nitrogens with zero attached hydrogens (tertiary/aromatic N) is 2. The van der Waals surface area contributed by atoms with Gasteiger partial charge in [0.15, 0.2) is 5.82 Å². The number of rotatable bonds is 8. The number of hydrogen-bond acceptors (Lipinski definition) is 3. The third-order valence-corrected chi connectivity index (χ3v) is 4.74. The first-order valence-electron chi connectivity index (χ1n) is 9.47. The molecule has 0 aliphatic heterocycles. The van der Waals surface area contributed by atoms with Crippen molar-refractivity contribution in [2.45, 2.75) is 33.4 Å². The Balaban J connectivity index is 1.52. The van der Waals surface area contributed by atoms with E-state index in [0.717, 1.165) is 28.6 Å². The van der Waals surface area contributed by atoms with Gasteiger partial charge in [0.1, 0.15) is 11.5 Å². The first-order chi connectivity index (χ1) is 14.0. The van der Waals surface area contributed by atoms with Crippen molar-refractivity contribution in [2.75, 3.05) is 6.54 Å². The normalized spacial score (nSPS) is 10.9. The van der Waals surface area contributed by atoms with Crippen molar-refractivity contribution >= 4 is 5.91 Å². The molecule has 1 heterocycles. The predicted octanol–water partition coefficient (Wildman–Crippen LogP) is 3.56. The molecule has 2 N–H and O–H groups in total. The first-order valence-corrected chi connectivity index (χ1v) is 9.47. The molecule has 7 heteroatoms. The summed E-state index contributed by atoms with van der Waals surface area (Å²) in [6.45, 7) is 5.21. The van der Waals surface area contributed by atoms with Gasteiger partial charge in [-0.2, -0.15) is 5.10 Å². The Bertz CT molecular complexity index is 986. The zero-order valence-electron chi connectivity index (χ0n) is 16.5. The van der Waals surface area contributed by atoms with Crippen LogP contribution in [0.25, 0.3) is 5.69 Å². The highest BCUT2D eigenvalue weighted by molar-refractivity contribution is 5.76. The second-order valence-electron chi connectivity index (χ2n) is 6.85. The molecule has 0 aliphatic carbocycles. The van der Waals surface area contributed by atoms with Crippen LogP contribution in [0, 0.1) is 25.5 Å². The highest BCUT2D eigenvalue weighted by atomic mass is 19.1. The fraction of sp³-hybridized carbons (Fsp3) is 0.273. The Morgan fingerprint density at radius 3 is 2.55 bits per heavy atom. The zero-order chi connectivity index (χ0) is 20.8. The van der Waals surface area contributed by atoms with E-state index in [1.807, 2.05) is 44.2 Å². The summed E-state index contributed by atoms with van der Waals surface area (Å²) in [4.78, 5) is 12.0. The van der Waals surface area contributed by atoms with E-state index < -0.39 is 11.6 Å². The summed E-state index contributed by atoms with van der Waals surface area (Å²) in [5.41, 5.74) is 3.72. The molecule has 152 valence electrons. The van der Waals surface area contributed by atoms with Crippen molar-refractivity contribution in [3.8, 4) is 5.69 Å². The van der Waals surface area contributed by atoms with Crippen molar-refractivity contribution in [1.29, 1.82) is 0 Å². The van der Waals surface area contributed by atoms with Crippen LogP contribution in [0.1, 0.15) is 28.9 Å². The molecule has 0 bridgehead atoms. The SMILES string of the molecule is Cc1nn(-c2ccc(F)cc2F)c(C)c1CNCCC(=O)NCc1ccccc1. The average Bonchev–Trinajstić information content (AvgIpc) is 2.98. The lowest BCUT2D eigenvalue weighted by Crippen LogP contribution is -2.27. The van der Waals surface area contributed by atoms with Crippen LogP contribution in [0.5, 0.6) is 0 Å². The van der Waals surface area contributed by atoms with Crippen molar-refractivity contribution in [1.82, 2.24) is 20.4 Å². The summed E-state index contributed by atoms with van der Waals surface area (Å²) in [5, 5.41) is 10.5. The number of carbonyl (C=O) groups excluding carboxylic acids is 1. The monoisotopic (exact) mass is 398 g/mol. The molecule has 29 heavy (non-hydrogen) atoms. The maximum Gasteiger partial charge on any atom is 0.221 e. The minimum atomic E-state index is -0.662. The molecular weight excluding hydrogens is 374 g/mol. The van der Waals surface area contributed by atoms with Crippen LogP contribution in [-0.4, -0.2) is 22.2 Å². The van der Waals surface area contributed by atoms with E-state index in [1.54, 1.807) is 0 Å². The molecule has 1 amide bonds. The van der Waals surface area contributed by atoms with Crippen LogP contribution < -0.4 is 10.6 Å². The van der Waals surface area contributed by atoms with Gasteiger partial charge in [-0.25, -0.2) is 13.5 Å². The molecule has 0 aliphatic rings. The minimum absolute atomic E-state index is 0.0288. The maximum absolute atomic E-state index is 14.1. The number of nitrogens with one attached hydrogen (secondary N) is 2. The summed E-state index contributed by atoms with van der Waals surface area (Å²) >= 11 is 0. The number of aryl methyl sites for hydroxylation is 1. The smallest absolute Gasteiger partial charge is 0.221 e. The number of carbonyl (C=O) groups is 1. The standard InChI is InChI=1S/C22H24F2N4O/c1-15-19(16(2)28(27-15)21-9-8-18(23)12-20(21)24)14-25-11-10-22(29)26-13-17-6-4-3-5-7-17/h3-9,12,25H,10-11,13-14H2,1-2H3,(H,26,29). The zero-order valence-corrected chi connectivity index (χ0v) is 16.5. The Kier molecular flexibility index (Phi) is 6.72. The number of aromatic nitrogens is 2. The quantitative estimate of drug-likeness (QED) is 0.571. The molecule has 5 nitrogen and oxygen atoms in total. The van der Waals surface area contributed by atoms with Crippen LogP contribution in [0.3, 0.4) is 0 Å². The molecule has 0 saturated carbocycles. The molecule has 0 spiro atoms. The highest BCUT2D eigenvalue weighted by Crippen LogP contribution is 2.20. The predicted molar refractivity (Wildman–Crippen MR) is 108 cm³/mol. The van der Waals surface area contributed by atoms with Gasteiger partial charge in [-0.1, -0.05) is 30.3 Å². The lowest BCUT2D eigenvalue weighted by molar-refractivity contribution is -0.121. The summed E-state index contributed by atoms with van der Waals surface area (Å²) in [5.74, 6) is -1.32. The van der Waals surface area contributed by atoms with Crippen LogP contribution in [0.2, 0.25) is 0 Å². The average molecular weight is 398 g/mol. The maximum atomic E-state index is 14.1. The topological polar surface area (TPSA) is 59.0 Å². The second-order valence-corrected chi connectivity index (χ2v) is 6.85. The van der Waals surface area contributed by atoms with Crippen molar-refractivity contribution in [2.24, 2.45) is 0 Å². The van der Waals surface area contributed by atoms with Crippen molar-refractivity contribution in [3.63, 3.8) is 0 Å². The lowest BCUT2D eigenvalue weighted by atomic mass is 10.2. The first kappa shape index (κ1) is 20.7. The summed E-state index contributed by atoms with van der Waals surface area (Å²) in [6, 6.07) is 13.2. The van der Waals surface area contributed by atoms with Gasteiger partial charge >= 0.3 is 0 Å². The van der Waals surface area contributed by atoms with Crippen molar-refractivity contribution < 1.29 is 13.6 Å². The van der Waals surface area contributed by atoms with E-state index in [1.165, 1.54) is 16.8 Å². The lowest BCUT2D eigenvalue weighted by Gasteiger charge is -2.08. The number of amides is 1. The molecule has 0 saturated heterocycles. The molecule has 0 unspecified atom stereocenters. The summed E-state index contributed by atoms with van der Waals surface area (Å²) < 4.78 is 28.7. The van der Waals surface area contributed by atoms with Crippen LogP contribution >= 0.6 is 0 Å². The molecule has 3 rings (SSSR count). The van der Waals surface area contributed by atoms with Gasteiger partial charge in [-0.15, -0.1) is 0 Å². The Morgan fingerprint density at radius 1 is 1.07 bits per heavy atom. The molecule has 0 atom stereocenters. The minimum Gasteiger partial charge on any atom is -0.352 e. The van der Waals surface area contributed by atoms with Gasteiger partial charge in [0.25, 0.3) is 0 Å². The number of hydrogen-bond donors (Lipinski definition) is 2. The number of benzene rings is 2. The third-order valence-electron chi connectivity index (χ3n) is 4.74. The summed E-state index contributed by atoms with van der Waals surface area (Å²) in [7, 11) is 0. The van der Waals surface area contributed by atoms with Gasteiger partial charge in [0, 0.05) is 43.4 Å². The summed E-state index contributed by atoms with van der Waals surface area (Å²) in [6.07, 6.45) is 0.353. The van der Waals surface area contributed by atoms with Crippen molar-refractivity contribution in [3.05, 3.63) is 82.7 Å². The fourth-order valence-corrected chi connectivity index (χ4v) is 3.12. The Hall–Kier alpha value is -3.06. The molecule has 3 aromatic rings. The molecule has 2 aromatic carbocycles. The van der Waals surface area contributed by atoms with Gasteiger partial charge in [-0.05, 0) is 31.5 Å². The van der Waals surface area contributed by atoms with E-state index in [2.05, 4.69) is 15.7 Å². The van der Waals surface area contributed by atoms with Crippen LogP contribution in [0.15, 0.2) is 48.5 Å². The van der Waals surface area contributed by atoms with Crippen LogP contribution in [-0.2, 0) is 17.9 Å². The Morgan fingerprint density at radius 2 is 1.83 bits per heavy atom. The molecule has 0 radical (unpaired) electrons. The van der Waals surface area contributed by atoms with Gasteiger partial charge < -0.3 is 10.6 Å². The Labute approximate surface area is 168 Å². The van der Waals surface area contributed by atoms with E-state index >= 15 is 0 Å². The van der Waals surface area contributed by atoms with Gasteiger partial charge in [0.05, 0.1) is 5.69 Å². The molecule has 0 fully saturated rings. The second kappa shape index (κ2) is 9.43. The van der Waals surface area contributed by atoms with Crippen LogP contribution in [0.4, 0.5) is 8.78 Å². The largest absolute Gasteiger partial charge is 0.352 e.